The molecule has 144 valence electrons. The quantitative estimate of drug-likeness (QED) is 0.486. The van der Waals surface area contributed by atoms with Crippen LogP contribution in [0.3, 0.4) is 0 Å². The summed E-state index contributed by atoms with van der Waals surface area (Å²) in [7, 11) is -3.64. The number of hydrogen-bond donors (Lipinski definition) is 1. The van der Waals surface area contributed by atoms with Crippen LogP contribution in [-0.2, 0) is 24.3 Å². The summed E-state index contributed by atoms with van der Waals surface area (Å²) in [4.78, 5) is 24.2. The van der Waals surface area contributed by atoms with Crippen LogP contribution in [-0.4, -0.2) is 61.2 Å². The number of rotatable bonds is 9. The monoisotopic (exact) mass is 392 g/mol. The van der Waals surface area contributed by atoms with Crippen molar-refractivity contribution >= 4 is 21.8 Å². The predicted molar refractivity (Wildman–Crippen MR) is 95.5 cm³/mol. The molecule has 0 atom stereocenters. The molecular weight excluding hydrogens is 372 g/mol. The summed E-state index contributed by atoms with van der Waals surface area (Å²) in [5.41, 5.74) is 0.758. The SMILES string of the molecule is O=C1CCC(=O)N1CCOCCNS(=O)(=O)c1ccc(-n2cccn2)cc1. The molecule has 0 saturated carbocycles. The number of carbonyl (C=O) groups excluding carboxylic acids is 2. The standard InChI is InChI=1S/C17H20N4O5S/c22-16-6-7-17(23)20(16)11-13-26-12-9-19-27(24,25)15-4-2-14(3-5-15)21-10-1-8-18-21/h1-5,8,10,19H,6-7,9,11-13H2. The Morgan fingerprint density at radius 2 is 1.78 bits per heavy atom. The van der Waals surface area contributed by atoms with E-state index < -0.39 is 10.0 Å². The second-order valence-corrected chi connectivity index (χ2v) is 7.66. The number of aromatic nitrogens is 2. The summed E-state index contributed by atoms with van der Waals surface area (Å²) < 4.78 is 33.9. The Kier molecular flexibility index (Phi) is 5.99. The molecule has 0 spiro atoms. The number of sulfonamides is 1. The van der Waals surface area contributed by atoms with Gasteiger partial charge in [0.1, 0.15) is 0 Å². The second-order valence-electron chi connectivity index (χ2n) is 5.89. The molecule has 1 aliphatic rings. The average Bonchev–Trinajstić information content (AvgIpc) is 3.30. The van der Waals surface area contributed by atoms with Crippen LogP contribution in [0.1, 0.15) is 12.8 Å². The minimum absolute atomic E-state index is 0.0884. The van der Waals surface area contributed by atoms with Crippen molar-refractivity contribution < 1.29 is 22.7 Å². The zero-order chi connectivity index (χ0) is 19.3. The number of benzene rings is 1. The van der Waals surface area contributed by atoms with Crippen LogP contribution in [0.25, 0.3) is 5.69 Å². The molecule has 2 heterocycles. The number of nitrogens with one attached hydrogen (secondary N) is 1. The van der Waals surface area contributed by atoms with E-state index in [0.717, 1.165) is 5.69 Å². The first-order valence-electron chi connectivity index (χ1n) is 8.48. The lowest BCUT2D eigenvalue weighted by Gasteiger charge is -2.13. The third kappa shape index (κ3) is 4.79. The molecule has 1 saturated heterocycles. The maximum Gasteiger partial charge on any atom is 0.240 e. The maximum atomic E-state index is 12.3. The molecular formula is C17H20N4O5S. The van der Waals surface area contributed by atoms with E-state index in [2.05, 4.69) is 9.82 Å². The van der Waals surface area contributed by atoms with E-state index in [-0.39, 0.29) is 55.9 Å². The molecule has 0 aliphatic carbocycles. The molecule has 1 aliphatic heterocycles. The van der Waals surface area contributed by atoms with Gasteiger partial charge in [0.15, 0.2) is 0 Å². The topological polar surface area (TPSA) is 111 Å². The molecule has 9 nitrogen and oxygen atoms in total. The number of amides is 2. The van der Waals surface area contributed by atoms with Crippen molar-refractivity contribution in [2.45, 2.75) is 17.7 Å². The second kappa shape index (κ2) is 8.42. The Balaban J connectivity index is 1.42. The first-order chi connectivity index (χ1) is 13.0. The zero-order valence-electron chi connectivity index (χ0n) is 14.6. The summed E-state index contributed by atoms with van der Waals surface area (Å²) in [6, 6.07) is 8.13. The first-order valence-corrected chi connectivity index (χ1v) is 9.96. The van der Waals surface area contributed by atoms with Crippen LogP contribution in [0.15, 0.2) is 47.6 Å². The fourth-order valence-corrected chi connectivity index (χ4v) is 3.67. The van der Waals surface area contributed by atoms with Gasteiger partial charge in [0.05, 0.1) is 30.3 Å². The van der Waals surface area contributed by atoms with Crippen LogP contribution in [0.4, 0.5) is 0 Å². The Morgan fingerprint density at radius 1 is 1.07 bits per heavy atom. The van der Waals surface area contributed by atoms with E-state index >= 15 is 0 Å². The van der Waals surface area contributed by atoms with Crippen molar-refractivity contribution in [3.8, 4) is 5.69 Å². The lowest BCUT2D eigenvalue weighted by atomic mass is 10.3. The maximum absolute atomic E-state index is 12.3. The number of likely N-dealkylation sites (tertiary alicyclic amines) is 1. The summed E-state index contributed by atoms with van der Waals surface area (Å²) in [5.74, 6) is -0.384. The van der Waals surface area contributed by atoms with E-state index in [0.29, 0.717) is 0 Å². The third-order valence-corrected chi connectivity index (χ3v) is 5.55. The minimum Gasteiger partial charge on any atom is -0.378 e. The summed E-state index contributed by atoms with van der Waals surface area (Å²) in [6.07, 6.45) is 3.90. The number of hydrogen-bond acceptors (Lipinski definition) is 6. The van der Waals surface area contributed by atoms with E-state index in [4.69, 9.17) is 4.74 Å². The van der Waals surface area contributed by atoms with Gasteiger partial charge in [0.25, 0.3) is 0 Å². The largest absolute Gasteiger partial charge is 0.378 e. The molecule has 27 heavy (non-hydrogen) atoms. The Labute approximate surface area is 157 Å². The summed E-state index contributed by atoms with van der Waals surface area (Å²) in [5, 5.41) is 4.08. The fraction of sp³-hybridized carbons (Fsp3) is 0.353. The zero-order valence-corrected chi connectivity index (χ0v) is 15.4. The number of carbonyl (C=O) groups is 2. The number of imide groups is 1. The van der Waals surface area contributed by atoms with Crippen molar-refractivity contribution in [1.29, 1.82) is 0 Å². The minimum atomic E-state index is -3.64. The Bertz CT molecular complexity index is 878. The molecule has 2 aromatic rings. The van der Waals surface area contributed by atoms with Gasteiger partial charge in [-0.25, -0.2) is 17.8 Å². The van der Waals surface area contributed by atoms with Crippen molar-refractivity contribution in [3.05, 3.63) is 42.7 Å². The van der Waals surface area contributed by atoms with Gasteiger partial charge in [-0.05, 0) is 30.3 Å². The van der Waals surface area contributed by atoms with Gasteiger partial charge in [-0.2, -0.15) is 5.10 Å². The molecule has 1 aromatic heterocycles. The van der Waals surface area contributed by atoms with Gasteiger partial charge in [-0.1, -0.05) is 0 Å². The lowest BCUT2D eigenvalue weighted by molar-refractivity contribution is -0.139. The normalized spacial score (nSPS) is 14.9. The van der Waals surface area contributed by atoms with Gasteiger partial charge in [-0.15, -0.1) is 0 Å². The van der Waals surface area contributed by atoms with E-state index in [1.165, 1.54) is 17.0 Å². The Hall–Kier alpha value is -2.56. The van der Waals surface area contributed by atoms with Crippen molar-refractivity contribution in [2.75, 3.05) is 26.3 Å². The van der Waals surface area contributed by atoms with Crippen LogP contribution in [0.2, 0.25) is 0 Å². The molecule has 2 amide bonds. The highest BCUT2D eigenvalue weighted by Crippen LogP contribution is 2.13. The highest BCUT2D eigenvalue weighted by molar-refractivity contribution is 7.89. The van der Waals surface area contributed by atoms with Crippen molar-refractivity contribution in [2.24, 2.45) is 0 Å². The average molecular weight is 392 g/mol. The molecule has 1 fully saturated rings. The molecule has 1 N–H and O–H groups in total. The first kappa shape index (κ1) is 19.2. The van der Waals surface area contributed by atoms with Crippen molar-refractivity contribution in [1.82, 2.24) is 19.4 Å². The van der Waals surface area contributed by atoms with E-state index in [1.54, 1.807) is 35.3 Å². The molecule has 10 heteroatoms. The predicted octanol–water partition coefficient (Wildman–Crippen LogP) is 0.316. The lowest BCUT2D eigenvalue weighted by Crippen LogP contribution is -2.33. The molecule has 0 radical (unpaired) electrons. The van der Waals surface area contributed by atoms with Crippen LogP contribution in [0, 0.1) is 0 Å². The number of nitrogens with zero attached hydrogens (tertiary/aromatic N) is 3. The highest BCUT2D eigenvalue weighted by atomic mass is 32.2. The fourth-order valence-electron chi connectivity index (χ4n) is 2.66. The van der Waals surface area contributed by atoms with Crippen LogP contribution < -0.4 is 4.72 Å². The van der Waals surface area contributed by atoms with Gasteiger partial charge >= 0.3 is 0 Å². The summed E-state index contributed by atoms with van der Waals surface area (Å²) >= 11 is 0. The highest BCUT2D eigenvalue weighted by Gasteiger charge is 2.28. The smallest absolute Gasteiger partial charge is 0.240 e. The van der Waals surface area contributed by atoms with E-state index in [9.17, 15) is 18.0 Å². The van der Waals surface area contributed by atoms with Crippen molar-refractivity contribution in [3.63, 3.8) is 0 Å². The van der Waals surface area contributed by atoms with Gasteiger partial charge in [0.2, 0.25) is 21.8 Å². The van der Waals surface area contributed by atoms with Gasteiger partial charge in [0, 0.05) is 31.8 Å². The molecule has 0 unspecified atom stereocenters. The molecule has 0 bridgehead atoms. The Morgan fingerprint density at radius 3 is 2.41 bits per heavy atom. The molecule has 3 rings (SSSR count). The summed E-state index contributed by atoms with van der Waals surface area (Å²) in [6.45, 7) is 0.600. The van der Waals surface area contributed by atoms with Gasteiger partial charge in [-0.3, -0.25) is 14.5 Å². The van der Waals surface area contributed by atoms with Crippen LogP contribution >= 0.6 is 0 Å². The third-order valence-electron chi connectivity index (χ3n) is 4.07. The van der Waals surface area contributed by atoms with Gasteiger partial charge < -0.3 is 4.74 Å². The number of ether oxygens (including phenoxy) is 1. The van der Waals surface area contributed by atoms with Crippen LogP contribution in [0.5, 0.6) is 0 Å². The van der Waals surface area contributed by atoms with E-state index in [1.807, 2.05) is 0 Å². The molecule has 1 aromatic carbocycles.